The Balaban J connectivity index is 2.17. The average molecular weight is 239 g/mol. The normalized spacial score (nSPS) is 9.94. The van der Waals surface area contributed by atoms with Crippen LogP contribution in [0.5, 0.6) is 11.5 Å². The summed E-state index contributed by atoms with van der Waals surface area (Å²) < 4.78 is 10.1. The summed E-state index contributed by atoms with van der Waals surface area (Å²) in [5.41, 5.74) is 0. The highest BCUT2D eigenvalue weighted by atomic mass is 16.5. The van der Waals surface area contributed by atoms with Gasteiger partial charge in [0.1, 0.15) is 11.5 Å². The molecule has 1 aromatic carbocycles. The number of aromatic hydroxyl groups is 1. The van der Waals surface area contributed by atoms with Crippen molar-refractivity contribution in [1.82, 2.24) is 5.32 Å². The Morgan fingerprint density at radius 3 is 2.71 bits per heavy atom. The summed E-state index contributed by atoms with van der Waals surface area (Å²) in [6.07, 6.45) is 0.779. The summed E-state index contributed by atoms with van der Waals surface area (Å²) in [6.45, 7) is 1.17. The van der Waals surface area contributed by atoms with Crippen LogP contribution in [0.2, 0.25) is 0 Å². The van der Waals surface area contributed by atoms with E-state index in [1.54, 1.807) is 19.2 Å². The van der Waals surface area contributed by atoms with Crippen molar-refractivity contribution in [1.29, 1.82) is 0 Å². The van der Waals surface area contributed by atoms with E-state index in [-0.39, 0.29) is 18.3 Å². The topological polar surface area (TPSA) is 67.8 Å². The van der Waals surface area contributed by atoms with Crippen LogP contribution < -0.4 is 10.1 Å². The Kier molecular flexibility index (Phi) is 5.88. The van der Waals surface area contributed by atoms with E-state index in [1.165, 1.54) is 12.1 Å². The van der Waals surface area contributed by atoms with E-state index in [2.05, 4.69) is 5.32 Å². The molecule has 0 bridgehead atoms. The van der Waals surface area contributed by atoms with Gasteiger partial charge >= 0.3 is 0 Å². The van der Waals surface area contributed by atoms with Gasteiger partial charge in [0.25, 0.3) is 5.91 Å². The number of phenolic OH excluding ortho intramolecular Hbond substituents is 1. The molecule has 1 rings (SSSR count). The molecule has 1 aromatic rings. The van der Waals surface area contributed by atoms with Crippen LogP contribution in [0.4, 0.5) is 0 Å². The van der Waals surface area contributed by atoms with Gasteiger partial charge in [-0.25, -0.2) is 0 Å². The molecule has 2 N–H and O–H groups in total. The van der Waals surface area contributed by atoms with Crippen molar-refractivity contribution < 1.29 is 19.4 Å². The summed E-state index contributed by atoms with van der Waals surface area (Å²) in [5.74, 6) is 0.547. The molecule has 0 atom stereocenters. The fourth-order valence-corrected chi connectivity index (χ4v) is 1.19. The number of nitrogens with one attached hydrogen (secondary N) is 1. The zero-order valence-corrected chi connectivity index (χ0v) is 9.81. The average Bonchev–Trinajstić information content (AvgIpc) is 2.34. The minimum absolute atomic E-state index is 0.0300. The number of carbonyl (C=O) groups is 1. The molecule has 0 aliphatic carbocycles. The molecule has 0 aliphatic rings. The Bertz CT molecular complexity index is 337. The van der Waals surface area contributed by atoms with E-state index in [9.17, 15) is 4.79 Å². The van der Waals surface area contributed by atoms with E-state index in [1.807, 2.05) is 0 Å². The molecule has 0 saturated heterocycles. The van der Waals surface area contributed by atoms with E-state index in [4.69, 9.17) is 14.6 Å². The molecule has 0 saturated carbocycles. The van der Waals surface area contributed by atoms with Gasteiger partial charge in [-0.15, -0.1) is 0 Å². The van der Waals surface area contributed by atoms with Crippen LogP contribution in [-0.4, -0.2) is 37.9 Å². The van der Waals surface area contributed by atoms with Gasteiger partial charge in [-0.1, -0.05) is 0 Å². The zero-order valence-electron chi connectivity index (χ0n) is 9.81. The maximum Gasteiger partial charge on any atom is 0.257 e. The second-order valence-electron chi connectivity index (χ2n) is 3.48. The maximum absolute atomic E-state index is 11.3. The number of ether oxygens (including phenoxy) is 2. The first-order valence-corrected chi connectivity index (χ1v) is 5.40. The highest BCUT2D eigenvalue weighted by molar-refractivity contribution is 5.77. The number of phenols is 1. The van der Waals surface area contributed by atoms with Crippen LogP contribution >= 0.6 is 0 Å². The molecule has 0 fully saturated rings. The number of carbonyl (C=O) groups excluding carboxylic acids is 1. The van der Waals surface area contributed by atoms with Crippen molar-refractivity contribution in [3.63, 3.8) is 0 Å². The van der Waals surface area contributed by atoms with Gasteiger partial charge in [-0.3, -0.25) is 4.79 Å². The molecule has 0 aromatic heterocycles. The van der Waals surface area contributed by atoms with Gasteiger partial charge < -0.3 is 19.9 Å². The van der Waals surface area contributed by atoms with Gasteiger partial charge in [-0.05, 0) is 30.7 Å². The molecule has 0 heterocycles. The molecular formula is C12H17NO4. The zero-order chi connectivity index (χ0) is 12.5. The number of rotatable bonds is 7. The lowest BCUT2D eigenvalue weighted by Gasteiger charge is -2.07. The van der Waals surface area contributed by atoms with Gasteiger partial charge in [0.2, 0.25) is 0 Å². The standard InChI is InChI=1S/C12H17NO4/c1-16-8-2-7-13-12(15)9-17-11-5-3-10(14)4-6-11/h3-6,14H,2,7-9H2,1H3,(H,13,15). The summed E-state index contributed by atoms with van der Waals surface area (Å²) in [4.78, 5) is 11.3. The number of amides is 1. The number of hydrogen-bond donors (Lipinski definition) is 2. The lowest BCUT2D eigenvalue weighted by Crippen LogP contribution is -2.30. The quantitative estimate of drug-likeness (QED) is 0.694. The highest BCUT2D eigenvalue weighted by Gasteiger charge is 2.01. The van der Waals surface area contributed by atoms with Crippen LogP contribution in [-0.2, 0) is 9.53 Å². The molecule has 0 spiro atoms. The van der Waals surface area contributed by atoms with Gasteiger partial charge in [0, 0.05) is 20.3 Å². The lowest BCUT2D eigenvalue weighted by atomic mass is 10.3. The van der Waals surface area contributed by atoms with Crippen LogP contribution in [0, 0.1) is 0 Å². The predicted molar refractivity (Wildman–Crippen MR) is 63.1 cm³/mol. The Morgan fingerprint density at radius 2 is 2.06 bits per heavy atom. The molecule has 1 amide bonds. The summed E-state index contributed by atoms with van der Waals surface area (Å²) in [5, 5.41) is 11.8. The second kappa shape index (κ2) is 7.51. The van der Waals surface area contributed by atoms with Crippen LogP contribution in [0.3, 0.4) is 0 Å². The molecular weight excluding hydrogens is 222 g/mol. The lowest BCUT2D eigenvalue weighted by molar-refractivity contribution is -0.123. The van der Waals surface area contributed by atoms with Crippen LogP contribution in [0.1, 0.15) is 6.42 Å². The Labute approximate surface area is 100 Å². The SMILES string of the molecule is COCCCNC(=O)COc1ccc(O)cc1. The highest BCUT2D eigenvalue weighted by Crippen LogP contribution is 2.15. The van der Waals surface area contributed by atoms with Gasteiger partial charge in [0.05, 0.1) is 0 Å². The summed E-state index contributed by atoms with van der Waals surface area (Å²) in [6, 6.07) is 6.22. The minimum Gasteiger partial charge on any atom is -0.508 e. The number of benzene rings is 1. The van der Waals surface area contributed by atoms with E-state index >= 15 is 0 Å². The molecule has 0 aliphatic heterocycles. The largest absolute Gasteiger partial charge is 0.508 e. The predicted octanol–water partition coefficient (Wildman–Crippen LogP) is 0.924. The fourth-order valence-electron chi connectivity index (χ4n) is 1.19. The van der Waals surface area contributed by atoms with Crippen molar-refractivity contribution >= 4 is 5.91 Å². The fraction of sp³-hybridized carbons (Fsp3) is 0.417. The van der Waals surface area contributed by atoms with Crippen molar-refractivity contribution in [3.05, 3.63) is 24.3 Å². The third kappa shape index (κ3) is 5.77. The van der Waals surface area contributed by atoms with Crippen molar-refractivity contribution in [2.24, 2.45) is 0 Å². The van der Waals surface area contributed by atoms with E-state index < -0.39 is 0 Å². The van der Waals surface area contributed by atoms with Crippen molar-refractivity contribution in [2.75, 3.05) is 26.9 Å². The van der Waals surface area contributed by atoms with Crippen LogP contribution in [0.25, 0.3) is 0 Å². The third-order valence-corrected chi connectivity index (χ3v) is 2.05. The molecule has 0 radical (unpaired) electrons. The van der Waals surface area contributed by atoms with Crippen molar-refractivity contribution in [2.45, 2.75) is 6.42 Å². The molecule has 5 nitrogen and oxygen atoms in total. The third-order valence-electron chi connectivity index (χ3n) is 2.05. The summed E-state index contributed by atoms with van der Waals surface area (Å²) >= 11 is 0. The smallest absolute Gasteiger partial charge is 0.257 e. The Hall–Kier alpha value is -1.75. The molecule has 0 unspecified atom stereocenters. The molecule has 94 valence electrons. The first kappa shape index (κ1) is 13.3. The van der Waals surface area contributed by atoms with Gasteiger partial charge in [-0.2, -0.15) is 0 Å². The first-order valence-electron chi connectivity index (χ1n) is 5.40. The summed E-state index contributed by atoms with van der Waals surface area (Å²) in [7, 11) is 1.62. The maximum atomic E-state index is 11.3. The first-order chi connectivity index (χ1) is 8.22. The second-order valence-corrected chi connectivity index (χ2v) is 3.48. The minimum atomic E-state index is -0.172. The van der Waals surface area contributed by atoms with Gasteiger partial charge in [0.15, 0.2) is 6.61 Å². The van der Waals surface area contributed by atoms with E-state index in [0.717, 1.165) is 6.42 Å². The van der Waals surface area contributed by atoms with Crippen molar-refractivity contribution in [3.8, 4) is 11.5 Å². The molecule has 5 heteroatoms. The number of methoxy groups -OCH3 is 1. The molecule has 17 heavy (non-hydrogen) atoms. The monoisotopic (exact) mass is 239 g/mol. The van der Waals surface area contributed by atoms with E-state index in [0.29, 0.717) is 18.9 Å². The number of hydrogen-bond acceptors (Lipinski definition) is 4. The van der Waals surface area contributed by atoms with Crippen LogP contribution in [0.15, 0.2) is 24.3 Å². The Morgan fingerprint density at radius 1 is 1.35 bits per heavy atom.